The van der Waals surface area contributed by atoms with E-state index in [-0.39, 0.29) is 60.0 Å². The first kappa shape index (κ1) is 44.1. The second kappa shape index (κ2) is 18.4. The number of imidazole rings is 2. The number of fused-ring (bicyclic) bond motifs is 4. The molecule has 0 radical (unpaired) electrons. The molecule has 20 nitrogen and oxygen atoms in total. The molecule has 64 heavy (non-hydrogen) atoms. The Labute approximate surface area is 371 Å². The Morgan fingerprint density at radius 1 is 0.812 bits per heavy atom. The van der Waals surface area contributed by atoms with Gasteiger partial charge in [0.25, 0.3) is 11.8 Å². The molecule has 2 aliphatic heterocycles. The maximum atomic E-state index is 16.9. The number of nitriles is 1. The van der Waals surface area contributed by atoms with E-state index in [4.69, 9.17) is 51.0 Å². The fourth-order valence-corrected chi connectivity index (χ4v) is 11.3. The molecule has 2 unspecified atom stereocenters. The van der Waals surface area contributed by atoms with Crippen molar-refractivity contribution in [3.63, 3.8) is 0 Å². The smallest absolute Gasteiger partial charge is 0.327 e. The van der Waals surface area contributed by atoms with E-state index in [2.05, 4.69) is 40.5 Å². The lowest BCUT2D eigenvalue weighted by atomic mass is 10.1. The van der Waals surface area contributed by atoms with E-state index in [1.807, 2.05) is 6.07 Å². The number of alkyl halides is 2. The summed E-state index contributed by atoms with van der Waals surface area (Å²) in [5, 5.41) is 14.7. The van der Waals surface area contributed by atoms with Crippen LogP contribution in [0.3, 0.4) is 0 Å². The van der Waals surface area contributed by atoms with E-state index in [0.29, 0.717) is 11.1 Å². The van der Waals surface area contributed by atoms with E-state index in [1.165, 1.54) is 28.1 Å². The summed E-state index contributed by atoms with van der Waals surface area (Å²) < 4.78 is 72.5. The molecule has 3 aliphatic rings. The third-order valence-electron chi connectivity index (χ3n) is 10.7. The van der Waals surface area contributed by atoms with Crippen LogP contribution >= 0.6 is 13.4 Å². The number of carbonyl (C=O) groups excluding carboxylic acids is 2. The number of aromatic nitrogens is 8. The number of carbonyl (C=O) groups is 2. The molecule has 6 aromatic rings. The number of hydrogen-bond acceptors (Lipinski definition) is 17. The first-order valence-corrected chi connectivity index (χ1v) is 24.7. The van der Waals surface area contributed by atoms with Gasteiger partial charge in [0.15, 0.2) is 46.4 Å². The highest BCUT2D eigenvalue weighted by atomic mass is 32.5. The van der Waals surface area contributed by atoms with Gasteiger partial charge in [-0.3, -0.25) is 18.7 Å². The molecule has 2 aromatic carbocycles. The maximum absolute atomic E-state index is 16.9. The molecule has 6 heterocycles. The van der Waals surface area contributed by atoms with Crippen molar-refractivity contribution in [2.45, 2.75) is 55.8 Å². The van der Waals surface area contributed by atoms with E-state index in [1.54, 1.807) is 60.7 Å². The van der Waals surface area contributed by atoms with Crippen LogP contribution in [0.25, 0.3) is 22.3 Å². The monoisotopic (exact) mass is 953 g/mol. The lowest BCUT2D eigenvalue weighted by Crippen LogP contribution is -2.36. The van der Waals surface area contributed by atoms with Crippen molar-refractivity contribution in [1.29, 1.82) is 5.26 Å². The minimum atomic E-state index is -4.32. The van der Waals surface area contributed by atoms with Crippen LogP contribution in [0.5, 0.6) is 0 Å². The van der Waals surface area contributed by atoms with E-state index >= 15 is 8.78 Å². The molecule has 1 saturated carbocycles. The Balaban J connectivity index is 0.975. The molecule has 2 amide bonds. The third-order valence-corrected chi connectivity index (χ3v) is 14.6. The van der Waals surface area contributed by atoms with Crippen LogP contribution in [-0.4, -0.2) is 106 Å². The average molecular weight is 954 g/mol. The fraction of sp³-hybridized carbons (Fsp3) is 0.342. The largest absolute Gasteiger partial charge is 0.346 e. The van der Waals surface area contributed by atoms with Crippen LogP contribution < -0.4 is 10.6 Å². The van der Waals surface area contributed by atoms with Crippen molar-refractivity contribution in [1.82, 2.24) is 39.0 Å². The zero-order valence-electron chi connectivity index (χ0n) is 32.9. The summed E-state index contributed by atoms with van der Waals surface area (Å²) in [4.78, 5) is 63.0. The van der Waals surface area contributed by atoms with Gasteiger partial charge in [0.05, 0.1) is 51.0 Å². The SMILES string of the molecule is N#CCCOP1(=S)OC[C@H]2C[C@@H](n3cnc4c(NC(=O)c5ccccc5)ncnc43)[C@H](F)[C@@H]2OP(O)(=S)OC[C@H]2O[C@@H](n3cnc4c(NC(=O)c5ccccc5)ncnc43)[C@H](F)[C@@H]2O1. The van der Waals surface area contributed by atoms with Crippen molar-refractivity contribution < 1.29 is 50.6 Å². The maximum Gasteiger partial charge on any atom is 0.327 e. The van der Waals surface area contributed by atoms with E-state index in [9.17, 15) is 19.7 Å². The first-order valence-electron chi connectivity index (χ1n) is 19.5. The van der Waals surface area contributed by atoms with Gasteiger partial charge in [-0.2, -0.15) is 5.26 Å². The molecular weight excluding hydrogens is 919 g/mol. The molecule has 9 rings (SSSR count). The zero-order valence-corrected chi connectivity index (χ0v) is 36.4. The molecule has 0 spiro atoms. The summed E-state index contributed by atoms with van der Waals surface area (Å²) in [5.74, 6) is -1.66. The average Bonchev–Trinajstić information content (AvgIpc) is 4.07. The number of amides is 2. The second-order valence-electron chi connectivity index (χ2n) is 14.6. The molecule has 1 aliphatic carbocycles. The number of halogens is 2. The Morgan fingerprint density at radius 3 is 2.02 bits per heavy atom. The summed E-state index contributed by atoms with van der Waals surface area (Å²) in [6.07, 6.45) is -5.00. The second-order valence-corrected chi connectivity index (χ2v) is 20.4. The van der Waals surface area contributed by atoms with Gasteiger partial charge >= 0.3 is 13.4 Å². The molecule has 3 N–H and O–H groups in total. The van der Waals surface area contributed by atoms with Gasteiger partial charge in [0.1, 0.15) is 37.1 Å². The lowest BCUT2D eigenvalue weighted by Gasteiger charge is -2.32. The Kier molecular flexibility index (Phi) is 12.7. The summed E-state index contributed by atoms with van der Waals surface area (Å²) in [6, 6.07) is 17.8. The topological polar surface area (TPSA) is 245 Å². The van der Waals surface area contributed by atoms with Crippen LogP contribution in [0.2, 0.25) is 0 Å². The highest BCUT2D eigenvalue weighted by Crippen LogP contribution is 2.58. The Hall–Kier alpha value is -5.15. The molecule has 3 fully saturated rings. The van der Waals surface area contributed by atoms with Crippen LogP contribution in [0, 0.1) is 17.2 Å². The van der Waals surface area contributed by atoms with E-state index < -0.39 is 80.7 Å². The Morgan fingerprint density at radius 2 is 1.41 bits per heavy atom. The standard InChI is InChI=1S/C38H35F2N11O9P2S2/c39-26-24(50-19-46-28-32(42-17-44-34(28)50)48-36(52)21-8-3-1-4-9-21)14-23-15-57-62(64,55-13-7-12-41)60-31-25(16-56-61(54,63)59-30(23)26)58-38(27(31)40)51-20-47-29-33(43-18-45-35(29)51)49-37(53)22-10-5-2-6-11-22/h1-6,8-11,17-20,23-27,30-31,38H,7,13-16H2,(H,54,63)(H,42,44,48,52)(H,43,45,49,53)/t23-,24-,25-,26+,27-,30-,31-,38-,61?,62?/m1/s1. The third kappa shape index (κ3) is 8.94. The molecular formula is C38H35F2N11O9P2S2. The molecule has 2 saturated heterocycles. The number of nitrogens with zero attached hydrogens (tertiary/aromatic N) is 9. The van der Waals surface area contributed by atoms with Crippen molar-refractivity contribution >= 4 is 82.8 Å². The minimum absolute atomic E-state index is 0.0117. The predicted molar refractivity (Wildman–Crippen MR) is 229 cm³/mol. The number of nitrogens with one attached hydrogen (secondary N) is 2. The summed E-state index contributed by atoms with van der Waals surface area (Å²) >= 11 is 11.2. The lowest BCUT2D eigenvalue weighted by molar-refractivity contribution is -0.0491. The number of anilines is 2. The van der Waals surface area contributed by atoms with Crippen LogP contribution in [0.4, 0.5) is 20.4 Å². The van der Waals surface area contributed by atoms with Gasteiger partial charge in [0.2, 0.25) is 0 Å². The van der Waals surface area contributed by atoms with Crippen LogP contribution in [-0.2, 0) is 51.0 Å². The number of benzene rings is 2. The van der Waals surface area contributed by atoms with Gasteiger partial charge in [-0.15, -0.1) is 0 Å². The van der Waals surface area contributed by atoms with Gasteiger partial charge in [-0.25, -0.2) is 38.7 Å². The van der Waals surface area contributed by atoms with Gasteiger partial charge < -0.3 is 42.9 Å². The van der Waals surface area contributed by atoms with Crippen molar-refractivity contribution in [2.24, 2.45) is 5.92 Å². The highest BCUT2D eigenvalue weighted by Gasteiger charge is 2.53. The number of rotatable bonds is 9. The van der Waals surface area contributed by atoms with Crippen LogP contribution in [0.1, 0.15) is 45.8 Å². The summed E-state index contributed by atoms with van der Waals surface area (Å²) in [6.45, 7) is -9.58. The first-order chi connectivity index (χ1) is 30.9. The van der Waals surface area contributed by atoms with Crippen molar-refractivity contribution in [2.75, 3.05) is 30.5 Å². The van der Waals surface area contributed by atoms with E-state index in [0.717, 1.165) is 6.33 Å². The van der Waals surface area contributed by atoms with Crippen molar-refractivity contribution in [3.05, 3.63) is 97.1 Å². The zero-order chi connectivity index (χ0) is 44.6. The van der Waals surface area contributed by atoms with Gasteiger partial charge in [0, 0.05) is 17.0 Å². The molecule has 26 heteroatoms. The molecule has 4 aromatic heterocycles. The number of hydrogen-bond donors (Lipinski definition) is 3. The summed E-state index contributed by atoms with van der Waals surface area (Å²) in [7, 11) is 0. The quantitative estimate of drug-likeness (QED) is 0.120. The minimum Gasteiger partial charge on any atom is -0.346 e. The van der Waals surface area contributed by atoms with Crippen LogP contribution in [0.15, 0.2) is 86.0 Å². The number of ether oxygens (including phenoxy) is 1. The summed E-state index contributed by atoms with van der Waals surface area (Å²) in [5.41, 5.74) is 1.32. The Bertz CT molecular complexity index is 2850. The normalized spacial score (nSPS) is 29.5. The molecule has 0 bridgehead atoms. The fourth-order valence-electron chi connectivity index (χ4n) is 7.65. The predicted octanol–water partition coefficient (Wildman–Crippen LogP) is 5.49. The molecule has 10 atom stereocenters. The highest BCUT2D eigenvalue weighted by molar-refractivity contribution is 8.07. The van der Waals surface area contributed by atoms with Gasteiger partial charge in [-0.05, 0) is 54.3 Å². The molecule has 332 valence electrons. The van der Waals surface area contributed by atoms with Crippen molar-refractivity contribution in [3.8, 4) is 6.07 Å². The van der Waals surface area contributed by atoms with Gasteiger partial charge in [-0.1, -0.05) is 36.4 Å².